The number of fused-ring (bicyclic) bond motifs is 1. The van der Waals surface area contributed by atoms with Crippen molar-refractivity contribution in [3.05, 3.63) is 46.5 Å². The Labute approximate surface area is 138 Å². The minimum atomic E-state index is -1.09. The number of aryl methyl sites for hydroxylation is 1. The molecule has 1 heterocycles. The van der Waals surface area contributed by atoms with E-state index in [2.05, 4.69) is 5.10 Å². The molecule has 0 saturated carbocycles. The number of carbonyl (C=O) groups is 2. The number of hydrogen-bond acceptors (Lipinski definition) is 3. The lowest BCUT2D eigenvalue weighted by atomic mass is 10.1. The number of para-hydroxylation sites is 1. The second-order valence-electron chi connectivity index (χ2n) is 6.00. The van der Waals surface area contributed by atoms with Crippen molar-refractivity contribution in [3.8, 4) is 5.69 Å². The first kappa shape index (κ1) is 16.2. The first-order chi connectivity index (χ1) is 11.4. The molecule has 1 N–H and O–H groups in total. The normalized spacial score (nSPS) is 13.0. The van der Waals surface area contributed by atoms with E-state index in [0.717, 1.165) is 28.1 Å². The van der Waals surface area contributed by atoms with Crippen molar-refractivity contribution in [2.24, 2.45) is 0 Å². The van der Waals surface area contributed by atoms with E-state index in [1.807, 2.05) is 0 Å². The number of aliphatic carboxylic acids is 1. The van der Waals surface area contributed by atoms with Crippen LogP contribution in [0.4, 0.5) is 4.39 Å². The van der Waals surface area contributed by atoms with Crippen LogP contribution in [0.1, 0.15) is 33.7 Å². The van der Waals surface area contributed by atoms with E-state index in [1.54, 1.807) is 19.1 Å². The molecule has 126 valence electrons. The molecule has 6 nitrogen and oxygen atoms in total. The molecule has 0 atom stereocenters. The van der Waals surface area contributed by atoms with E-state index < -0.39 is 24.2 Å². The maximum Gasteiger partial charge on any atom is 0.323 e. The maximum atomic E-state index is 14.3. The lowest BCUT2D eigenvalue weighted by Crippen LogP contribution is -2.32. The van der Waals surface area contributed by atoms with Crippen LogP contribution in [0.5, 0.6) is 0 Å². The van der Waals surface area contributed by atoms with Crippen molar-refractivity contribution in [1.29, 1.82) is 0 Å². The molecule has 2 aromatic rings. The van der Waals surface area contributed by atoms with Crippen LogP contribution in [0.2, 0.25) is 0 Å². The fourth-order valence-electron chi connectivity index (χ4n) is 3.14. The highest BCUT2D eigenvalue weighted by atomic mass is 19.1. The van der Waals surface area contributed by atoms with Crippen molar-refractivity contribution < 1.29 is 19.1 Å². The Bertz CT molecular complexity index is 808. The SMILES string of the molecule is Cc1cccc(F)c1-n1nc(C(=O)N(C)CC(=O)O)c2c1CCC2. The molecule has 0 bridgehead atoms. The van der Waals surface area contributed by atoms with E-state index in [9.17, 15) is 14.0 Å². The van der Waals surface area contributed by atoms with Gasteiger partial charge >= 0.3 is 5.97 Å². The summed E-state index contributed by atoms with van der Waals surface area (Å²) in [6, 6.07) is 4.79. The summed E-state index contributed by atoms with van der Waals surface area (Å²) in [5.41, 5.74) is 2.91. The summed E-state index contributed by atoms with van der Waals surface area (Å²) in [5, 5.41) is 13.2. The Hall–Kier alpha value is -2.70. The van der Waals surface area contributed by atoms with Crippen LogP contribution in [0, 0.1) is 12.7 Å². The third kappa shape index (κ3) is 2.66. The number of amides is 1. The van der Waals surface area contributed by atoms with Crippen LogP contribution < -0.4 is 0 Å². The standard InChI is InChI=1S/C17H18FN3O3/c1-10-5-3-7-12(18)16(10)21-13-8-4-6-11(13)15(19-21)17(24)20(2)9-14(22)23/h3,5,7H,4,6,8-9H2,1-2H3,(H,22,23). The molecule has 7 heteroatoms. The number of carboxylic acids is 1. The average Bonchev–Trinajstić information content (AvgIpc) is 3.09. The summed E-state index contributed by atoms with van der Waals surface area (Å²) in [5.74, 6) is -1.94. The Kier molecular flexibility index (Phi) is 4.09. The van der Waals surface area contributed by atoms with Gasteiger partial charge in [-0.2, -0.15) is 5.10 Å². The molecule has 0 radical (unpaired) electrons. The van der Waals surface area contributed by atoms with E-state index >= 15 is 0 Å². The minimum absolute atomic E-state index is 0.217. The fourth-order valence-corrected chi connectivity index (χ4v) is 3.14. The molecule has 0 aliphatic heterocycles. The van der Waals surface area contributed by atoms with Gasteiger partial charge in [0.15, 0.2) is 5.69 Å². The first-order valence-corrected chi connectivity index (χ1v) is 7.73. The number of carbonyl (C=O) groups excluding carboxylic acids is 1. The Morgan fingerprint density at radius 3 is 2.79 bits per heavy atom. The van der Waals surface area contributed by atoms with Gasteiger partial charge in [-0.05, 0) is 37.8 Å². The lowest BCUT2D eigenvalue weighted by Gasteiger charge is -2.13. The third-order valence-electron chi connectivity index (χ3n) is 4.25. The monoisotopic (exact) mass is 331 g/mol. The molecular formula is C17H18FN3O3. The molecule has 0 fully saturated rings. The maximum absolute atomic E-state index is 14.3. The predicted octanol–water partition coefficient (Wildman–Crippen LogP) is 1.97. The zero-order valence-electron chi connectivity index (χ0n) is 13.5. The third-order valence-corrected chi connectivity index (χ3v) is 4.25. The summed E-state index contributed by atoms with van der Waals surface area (Å²) in [6.07, 6.45) is 2.26. The molecule has 0 spiro atoms. The second kappa shape index (κ2) is 6.07. The van der Waals surface area contributed by atoms with E-state index in [-0.39, 0.29) is 5.69 Å². The van der Waals surface area contributed by atoms with Crippen molar-refractivity contribution in [2.45, 2.75) is 26.2 Å². The van der Waals surface area contributed by atoms with Crippen LogP contribution in [0.25, 0.3) is 5.69 Å². The van der Waals surface area contributed by atoms with Gasteiger partial charge in [-0.15, -0.1) is 0 Å². The van der Waals surface area contributed by atoms with Gasteiger partial charge in [0.1, 0.15) is 18.0 Å². The molecule has 3 rings (SSSR count). The average molecular weight is 331 g/mol. The summed E-state index contributed by atoms with van der Waals surface area (Å²) < 4.78 is 15.8. The molecule has 24 heavy (non-hydrogen) atoms. The lowest BCUT2D eigenvalue weighted by molar-refractivity contribution is -0.137. The summed E-state index contributed by atoms with van der Waals surface area (Å²) in [7, 11) is 1.42. The van der Waals surface area contributed by atoms with Crippen LogP contribution in [0.3, 0.4) is 0 Å². The molecule has 1 aliphatic rings. The Balaban J connectivity index is 2.09. The van der Waals surface area contributed by atoms with Crippen molar-refractivity contribution in [3.63, 3.8) is 0 Å². The molecule has 1 aromatic heterocycles. The highest BCUT2D eigenvalue weighted by molar-refractivity contribution is 5.95. The smallest absolute Gasteiger partial charge is 0.323 e. The Morgan fingerprint density at radius 1 is 1.38 bits per heavy atom. The van der Waals surface area contributed by atoms with E-state index in [4.69, 9.17) is 5.11 Å². The van der Waals surface area contributed by atoms with Gasteiger partial charge in [-0.1, -0.05) is 12.1 Å². The zero-order valence-corrected chi connectivity index (χ0v) is 13.5. The van der Waals surface area contributed by atoms with E-state index in [0.29, 0.717) is 18.5 Å². The summed E-state index contributed by atoms with van der Waals surface area (Å²) in [4.78, 5) is 24.5. The molecule has 1 aliphatic carbocycles. The van der Waals surface area contributed by atoms with Crippen molar-refractivity contribution in [1.82, 2.24) is 14.7 Å². The van der Waals surface area contributed by atoms with Crippen LogP contribution >= 0.6 is 0 Å². The first-order valence-electron chi connectivity index (χ1n) is 7.73. The quantitative estimate of drug-likeness (QED) is 0.929. The van der Waals surface area contributed by atoms with Gasteiger partial charge in [0.05, 0.1) is 0 Å². The molecule has 1 amide bonds. The van der Waals surface area contributed by atoms with E-state index in [1.165, 1.54) is 17.8 Å². The van der Waals surface area contributed by atoms with Gasteiger partial charge in [0.25, 0.3) is 5.91 Å². The number of halogens is 1. The zero-order chi connectivity index (χ0) is 17.4. The number of likely N-dealkylation sites (N-methyl/N-ethyl adjacent to an activating group) is 1. The molecular weight excluding hydrogens is 313 g/mol. The van der Waals surface area contributed by atoms with Gasteiger partial charge < -0.3 is 10.0 Å². The minimum Gasteiger partial charge on any atom is -0.480 e. The van der Waals surface area contributed by atoms with Gasteiger partial charge in [0.2, 0.25) is 0 Å². The van der Waals surface area contributed by atoms with Crippen molar-refractivity contribution >= 4 is 11.9 Å². The van der Waals surface area contributed by atoms with Crippen LogP contribution in [-0.2, 0) is 17.6 Å². The van der Waals surface area contributed by atoms with Gasteiger partial charge in [0, 0.05) is 18.3 Å². The van der Waals surface area contributed by atoms with Crippen LogP contribution in [-0.4, -0.2) is 45.3 Å². The molecule has 1 aromatic carbocycles. The van der Waals surface area contributed by atoms with Gasteiger partial charge in [-0.3, -0.25) is 9.59 Å². The largest absolute Gasteiger partial charge is 0.480 e. The summed E-state index contributed by atoms with van der Waals surface area (Å²) in [6.45, 7) is 1.39. The number of benzene rings is 1. The summed E-state index contributed by atoms with van der Waals surface area (Å²) >= 11 is 0. The van der Waals surface area contributed by atoms with Gasteiger partial charge in [-0.25, -0.2) is 9.07 Å². The molecule has 0 saturated heterocycles. The fraction of sp³-hybridized carbons (Fsp3) is 0.353. The highest BCUT2D eigenvalue weighted by Gasteiger charge is 2.30. The predicted molar refractivity (Wildman–Crippen MR) is 84.9 cm³/mol. The van der Waals surface area contributed by atoms with Crippen molar-refractivity contribution in [2.75, 3.05) is 13.6 Å². The number of nitrogens with zero attached hydrogens (tertiary/aromatic N) is 3. The molecule has 0 unspecified atom stereocenters. The highest BCUT2D eigenvalue weighted by Crippen LogP contribution is 2.30. The number of rotatable bonds is 4. The van der Waals surface area contributed by atoms with Crippen LogP contribution in [0.15, 0.2) is 18.2 Å². The number of aromatic nitrogens is 2. The topological polar surface area (TPSA) is 75.4 Å². The number of hydrogen-bond donors (Lipinski definition) is 1. The second-order valence-corrected chi connectivity index (χ2v) is 6.00. The Morgan fingerprint density at radius 2 is 2.12 bits per heavy atom. The number of carboxylic acid groups (broad SMARTS) is 1.